The lowest BCUT2D eigenvalue weighted by Crippen LogP contribution is -2.80. The van der Waals surface area contributed by atoms with Gasteiger partial charge in [-0.2, -0.15) is 0 Å². The van der Waals surface area contributed by atoms with Crippen molar-refractivity contribution in [1.82, 2.24) is 5.32 Å². The van der Waals surface area contributed by atoms with Gasteiger partial charge in [-0.3, -0.25) is 5.32 Å². The van der Waals surface area contributed by atoms with Crippen LogP contribution in [0.5, 0.6) is 0 Å². The number of hydrogen-bond donors (Lipinski definition) is 3. The fourth-order valence-corrected chi connectivity index (χ4v) is 3.23. The van der Waals surface area contributed by atoms with Crippen LogP contribution in [0, 0.1) is 23.7 Å². The first-order chi connectivity index (χ1) is 10.8. The monoisotopic (exact) mass is 359 g/mol. The average Bonchev–Trinajstić information content (AvgIpc) is 2.35. The summed E-state index contributed by atoms with van der Waals surface area (Å²) in [4.78, 5) is 22.6. The maximum atomic E-state index is 13.2. The van der Waals surface area contributed by atoms with E-state index in [1.807, 2.05) is 0 Å². The lowest BCUT2D eigenvalue weighted by Gasteiger charge is -2.56. The van der Waals surface area contributed by atoms with E-state index in [-0.39, 0.29) is 0 Å². The highest BCUT2D eigenvalue weighted by Crippen LogP contribution is 2.47. The summed E-state index contributed by atoms with van der Waals surface area (Å²) < 4.78 is 53.0. The molecule has 1 rings (SSSR count). The number of hydrogen-bond acceptors (Lipinski definition) is 7. The zero-order valence-electron chi connectivity index (χ0n) is 12.7. The van der Waals surface area contributed by atoms with Crippen molar-refractivity contribution in [3.63, 3.8) is 0 Å². The molecule has 11 heteroatoms. The molecule has 1 heterocycles. The summed E-state index contributed by atoms with van der Waals surface area (Å²) in [6, 6.07) is 0. The average molecular weight is 359 g/mol. The highest BCUT2D eigenvalue weighted by molar-refractivity contribution is 5.75. The molecule has 4 unspecified atom stereocenters. The van der Waals surface area contributed by atoms with Crippen LogP contribution in [0.15, 0.2) is 0 Å². The number of carboxylic acid groups (broad SMARTS) is 2. The summed E-state index contributed by atoms with van der Waals surface area (Å²) in [6.45, 7) is 2.90. The Kier molecular flexibility index (Phi) is 5.84. The number of halogens is 4. The smallest absolute Gasteiger partial charge is 0.280 e. The first kappa shape index (κ1) is 20.6. The Morgan fingerprint density at radius 1 is 1.00 bits per heavy atom. The van der Waals surface area contributed by atoms with Crippen molar-refractivity contribution in [2.24, 2.45) is 23.7 Å². The van der Waals surface area contributed by atoms with Gasteiger partial charge in [0.2, 0.25) is 0 Å². The molecular formula is C13H17F4NO6-2. The summed E-state index contributed by atoms with van der Waals surface area (Å²) in [6.07, 6.45) is -8.32. The van der Waals surface area contributed by atoms with Crippen LogP contribution in [0.4, 0.5) is 17.6 Å². The number of rotatable bonds is 6. The van der Waals surface area contributed by atoms with Crippen LogP contribution < -0.4 is 15.5 Å². The van der Waals surface area contributed by atoms with E-state index in [1.165, 1.54) is 13.8 Å². The molecule has 4 atom stereocenters. The Morgan fingerprint density at radius 2 is 1.33 bits per heavy atom. The molecule has 0 aromatic rings. The molecule has 0 aromatic heterocycles. The van der Waals surface area contributed by atoms with Crippen molar-refractivity contribution in [3.05, 3.63) is 0 Å². The Labute approximate surface area is 134 Å². The third kappa shape index (κ3) is 3.33. The van der Waals surface area contributed by atoms with E-state index in [2.05, 4.69) is 0 Å². The van der Waals surface area contributed by atoms with Gasteiger partial charge >= 0.3 is 0 Å². The van der Waals surface area contributed by atoms with Crippen molar-refractivity contribution in [2.75, 3.05) is 0 Å². The number of carbonyl (C=O) groups is 2. The standard InChI is InChI=1S/C13H19F4NO6/c1-4(2)3-5-6(8(19)20)12(23,10(14)15)18-13(24,11(16)17)7(5)9(21)22/h4-7,10-11,18,23-24H,3H2,1-2H3,(H,19,20)(H,21,22)/p-2. The maximum Gasteiger partial charge on any atom is 0.280 e. The second-order valence-electron chi connectivity index (χ2n) is 6.26. The molecule has 0 saturated carbocycles. The van der Waals surface area contributed by atoms with E-state index < -0.39 is 66.3 Å². The molecule has 0 aromatic carbocycles. The van der Waals surface area contributed by atoms with E-state index in [0.717, 1.165) is 5.32 Å². The van der Waals surface area contributed by atoms with Gasteiger partial charge in [0.1, 0.15) is 0 Å². The van der Waals surface area contributed by atoms with Gasteiger partial charge in [-0.25, -0.2) is 17.6 Å². The minimum absolute atomic E-state index is 0.469. The zero-order valence-corrected chi connectivity index (χ0v) is 12.7. The number of aliphatic hydroxyl groups is 2. The van der Waals surface area contributed by atoms with Crippen LogP contribution >= 0.6 is 0 Å². The number of piperidine rings is 1. The van der Waals surface area contributed by atoms with Gasteiger partial charge in [0.15, 0.2) is 11.4 Å². The maximum absolute atomic E-state index is 13.2. The van der Waals surface area contributed by atoms with Crippen molar-refractivity contribution < 1.29 is 47.6 Å². The van der Waals surface area contributed by atoms with E-state index in [4.69, 9.17) is 0 Å². The van der Waals surface area contributed by atoms with Crippen LogP contribution in [0.25, 0.3) is 0 Å². The van der Waals surface area contributed by atoms with Crippen LogP contribution in [0.2, 0.25) is 0 Å². The largest absolute Gasteiger partial charge is 0.550 e. The van der Waals surface area contributed by atoms with Crippen molar-refractivity contribution >= 4 is 11.9 Å². The summed E-state index contributed by atoms with van der Waals surface area (Å²) >= 11 is 0. The number of aliphatic carboxylic acids is 2. The Morgan fingerprint density at radius 3 is 1.54 bits per heavy atom. The summed E-state index contributed by atoms with van der Waals surface area (Å²) in [5.74, 6) is -12.2. The fourth-order valence-electron chi connectivity index (χ4n) is 3.23. The molecule has 1 saturated heterocycles. The topological polar surface area (TPSA) is 133 Å². The zero-order chi connectivity index (χ0) is 19.0. The van der Waals surface area contributed by atoms with Crippen molar-refractivity contribution in [2.45, 2.75) is 44.6 Å². The van der Waals surface area contributed by atoms with Crippen molar-refractivity contribution in [1.29, 1.82) is 0 Å². The van der Waals surface area contributed by atoms with Gasteiger partial charge in [0.05, 0.1) is 11.8 Å². The number of nitrogens with one attached hydrogen (secondary N) is 1. The molecule has 1 aliphatic heterocycles. The first-order valence-electron chi connectivity index (χ1n) is 7.01. The van der Waals surface area contributed by atoms with E-state index >= 15 is 0 Å². The Bertz CT molecular complexity index is 467. The molecule has 24 heavy (non-hydrogen) atoms. The second kappa shape index (κ2) is 6.81. The van der Waals surface area contributed by atoms with Gasteiger partial charge in [-0.05, 0) is 18.3 Å². The number of alkyl halides is 4. The second-order valence-corrected chi connectivity index (χ2v) is 6.26. The van der Waals surface area contributed by atoms with E-state index in [1.54, 1.807) is 0 Å². The normalized spacial score (nSPS) is 37.2. The van der Waals surface area contributed by atoms with Crippen molar-refractivity contribution in [3.8, 4) is 0 Å². The quantitative estimate of drug-likeness (QED) is 0.462. The molecule has 0 aliphatic carbocycles. The molecule has 1 fully saturated rings. The minimum atomic E-state index is -3.93. The molecule has 7 nitrogen and oxygen atoms in total. The van der Waals surface area contributed by atoms with E-state index in [0.29, 0.717) is 0 Å². The molecule has 3 N–H and O–H groups in total. The number of carbonyl (C=O) groups excluding carboxylic acids is 2. The Hall–Kier alpha value is -1.46. The molecule has 0 bridgehead atoms. The van der Waals surface area contributed by atoms with Crippen LogP contribution in [-0.2, 0) is 9.59 Å². The van der Waals surface area contributed by atoms with Gasteiger partial charge in [-0.15, -0.1) is 0 Å². The van der Waals surface area contributed by atoms with E-state index in [9.17, 15) is 47.6 Å². The van der Waals surface area contributed by atoms with Gasteiger partial charge in [0.25, 0.3) is 12.9 Å². The molecule has 1 aliphatic rings. The summed E-state index contributed by atoms with van der Waals surface area (Å²) in [7, 11) is 0. The molecule has 0 spiro atoms. The molecule has 0 radical (unpaired) electrons. The number of carboxylic acids is 2. The van der Waals surface area contributed by atoms with Crippen LogP contribution in [-0.4, -0.2) is 46.5 Å². The highest BCUT2D eigenvalue weighted by Gasteiger charge is 2.65. The van der Waals surface area contributed by atoms with Gasteiger partial charge in [-0.1, -0.05) is 13.8 Å². The Balaban J connectivity index is 3.62. The highest BCUT2D eigenvalue weighted by atomic mass is 19.3. The molecular weight excluding hydrogens is 342 g/mol. The first-order valence-corrected chi connectivity index (χ1v) is 7.01. The molecule has 0 amide bonds. The fraction of sp³-hybridized carbons (Fsp3) is 0.846. The predicted molar refractivity (Wildman–Crippen MR) is 65.0 cm³/mol. The SMILES string of the molecule is CC(C)CC1C(C(=O)[O-])C(O)(C(F)F)NC(O)(C(F)F)C1C(=O)[O-]. The predicted octanol–water partition coefficient (Wildman–Crippen LogP) is -2.11. The van der Waals surface area contributed by atoms with Crippen LogP contribution in [0.1, 0.15) is 20.3 Å². The molecule has 140 valence electrons. The van der Waals surface area contributed by atoms with Gasteiger partial charge in [0, 0.05) is 11.9 Å². The third-order valence-electron chi connectivity index (χ3n) is 4.12. The van der Waals surface area contributed by atoms with Gasteiger partial charge < -0.3 is 30.0 Å². The lowest BCUT2D eigenvalue weighted by molar-refractivity contribution is -0.359. The summed E-state index contributed by atoms with van der Waals surface area (Å²) in [5, 5.41) is 43.5. The third-order valence-corrected chi connectivity index (χ3v) is 4.12. The van der Waals surface area contributed by atoms with Crippen LogP contribution in [0.3, 0.4) is 0 Å². The lowest BCUT2D eigenvalue weighted by atomic mass is 9.64. The minimum Gasteiger partial charge on any atom is -0.550 e. The summed E-state index contributed by atoms with van der Waals surface area (Å²) in [5.41, 5.74) is -7.62.